The number of methoxy groups -OCH3 is 1. The van der Waals surface area contributed by atoms with Crippen molar-refractivity contribution in [1.29, 1.82) is 0 Å². The highest BCUT2D eigenvalue weighted by Crippen LogP contribution is 2.27. The summed E-state index contributed by atoms with van der Waals surface area (Å²) in [6, 6.07) is 8.60. The highest BCUT2D eigenvalue weighted by atomic mass is 32.2. The number of nitrogens with one attached hydrogen (secondary N) is 1. The summed E-state index contributed by atoms with van der Waals surface area (Å²) in [6.07, 6.45) is 0. The van der Waals surface area contributed by atoms with Crippen molar-refractivity contribution in [3.63, 3.8) is 0 Å². The normalized spacial score (nSPS) is 12.7. The second-order valence-corrected chi connectivity index (χ2v) is 5.83. The molecule has 0 saturated heterocycles. The zero-order valence-corrected chi connectivity index (χ0v) is 14.0. The Morgan fingerprint density at radius 2 is 1.95 bits per heavy atom. The summed E-state index contributed by atoms with van der Waals surface area (Å²) >= 11 is 2.00. The fraction of sp³-hybridized carbons (Fsp3) is 0.625. The third-order valence-corrected chi connectivity index (χ3v) is 4.63. The molecule has 0 amide bonds. The van der Waals surface area contributed by atoms with Crippen LogP contribution in [0.2, 0.25) is 0 Å². The van der Waals surface area contributed by atoms with Crippen LogP contribution in [-0.2, 0) is 0 Å². The lowest BCUT2D eigenvalue weighted by molar-refractivity contribution is 0.324. The summed E-state index contributed by atoms with van der Waals surface area (Å²) in [7, 11) is 3.75. The van der Waals surface area contributed by atoms with E-state index in [2.05, 4.69) is 36.2 Å². The van der Waals surface area contributed by atoms with Crippen molar-refractivity contribution in [2.24, 2.45) is 0 Å². The number of thioether (sulfide) groups is 1. The minimum absolute atomic E-state index is 0.341. The van der Waals surface area contributed by atoms with E-state index in [0.717, 1.165) is 24.6 Å². The van der Waals surface area contributed by atoms with E-state index in [1.165, 1.54) is 17.9 Å². The maximum Gasteiger partial charge on any atom is 0.123 e. The fourth-order valence-corrected chi connectivity index (χ4v) is 3.35. The lowest BCUT2D eigenvalue weighted by atomic mass is 10.1. The maximum absolute atomic E-state index is 5.45. The first-order valence-corrected chi connectivity index (χ1v) is 8.52. The summed E-state index contributed by atoms with van der Waals surface area (Å²) in [5.74, 6) is 3.21. The van der Waals surface area contributed by atoms with Gasteiger partial charge in [0.1, 0.15) is 5.75 Å². The van der Waals surface area contributed by atoms with Crippen LogP contribution >= 0.6 is 11.8 Å². The number of rotatable bonds is 10. The van der Waals surface area contributed by atoms with Gasteiger partial charge in [0.2, 0.25) is 0 Å². The average Bonchev–Trinajstić information content (AvgIpc) is 2.51. The smallest absolute Gasteiger partial charge is 0.123 e. The Bertz CT molecular complexity index is 369. The third-order valence-electron chi connectivity index (χ3n) is 3.59. The Hall–Kier alpha value is -0.710. The Morgan fingerprint density at radius 1 is 1.25 bits per heavy atom. The van der Waals surface area contributed by atoms with E-state index >= 15 is 0 Å². The van der Waals surface area contributed by atoms with Gasteiger partial charge in [-0.15, -0.1) is 0 Å². The monoisotopic (exact) mass is 296 g/mol. The molecule has 1 N–H and O–H groups in total. The van der Waals surface area contributed by atoms with Gasteiger partial charge in [0.25, 0.3) is 0 Å². The minimum atomic E-state index is 0.341. The first-order valence-electron chi connectivity index (χ1n) is 7.37. The van der Waals surface area contributed by atoms with Gasteiger partial charge in [-0.1, -0.05) is 32.0 Å². The summed E-state index contributed by atoms with van der Waals surface area (Å²) in [5.41, 5.74) is 1.24. The van der Waals surface area contributed by atoms with Gasteiger partial charge in [-0.05, 0) is 26.2 Å². The van der Waals surface area contributed by atoms with Crippen molar-refractivity contribution in [1.82, 2.24) is 10.2 Å². The van der Waals surface area contributed by atoms with Crippen LogP contribution in [0.25, 0.3) is 0 Å². The Labute approximate surface area is 128 Å². The maximum atomic E-state index is 5.45. The highest BCUT2D eigenvalue weighted by Gasteiger charge is 2.13. The molecule has 0 aliphatic heterocycles. The second-order valence-electron chi connectivity index (χ2n) is 4.69. The number of ether oxygens (including phenoxy) is 1. The molecule has 3 nitrogen and oxygen atoms in total. The van der Waals surface area contributed by atoms with Crippen molar-refractivity contribution < 1.29 is 4.74 Å². The summed E-state index contributed by atoms with van der Waals surface area (Å²) in [4.78, 5) is 2.46. The van der Waals surface area contributed by atoms with Crippen LogP contribution in [0.3, 0.4) is 0 Å². The molecule has 0 bridgehead atoms. The van der Waals surface area contributed by atoms with Crippen LogP contribution in [-0.4, -0.2) is 50.2 Å². The standard InChI is InChI=1S/C16H28N2OS/c1-5-18(6-2)11-12-20-13-15(17-3)14-9-7-8-10-16(14)19-4/h7-10,15,17H,5-6,11-13H2,1-4H3. The summed E-state index contributed by atoms with van der Waals surface area (Å²) < 4.78 is 5.45. The molecule has 0 fully saturated rings. The predicted molar refractivity (Wildman–Crippen MR) is 89.9 cm³/mol. The Kier molecular flexibility index (Phi) is 8.74. The van der Waals surface area contributed by atoms with Crippen molar-refractivity contribution in [3.8, 4) is 5.75 Å². The minimum Gasteiger partial charge on any atom is -0.496 e. The zero-order valence-electron chi connectivity index (χ0n) is 13.2. The first-order chi connectivity index (χ1) is 9.76. The molecule has 20 heavy (non-hydrogen) atoms. The predicted octanol–water partition coefficient (Wildman–Crippen LogP) is 3.03. The zero-order chi connectivity index (χ0) is 14.8. The topological polar surface area (TPSA) is 24.5 Å². The van der Waals surface area contributed by atoms with E-state index in [1.807, 2.05) is 30.9 Å². The quantitative estimate of drug-likeness (QED) is 0.671. The molecular formula is C16H28N2OS. The summed E-state index contributed by atoms with van der Waals surface area (Å²) in [5, 5.41) is 3.39. The molecular weight excluding hydrogens is 268 g/mol. The van der Waals surface area contributed by atoms with Gasteiger partial charge >= 0.3 is 0 Å². The Balaban J connectivity index is 2.47. The molecule has 0 aromatic heterocycles. The molecule has 0 aliphatic rings. The highest BCUT2D eigenvalue weighted by molar-refractivity contribution is 7.99. The van der Waals surface area contributed by atoms with Gasteiger partial charge in [0.15, 0.2) is 0 Å². The van der Waals surface area contributed by atoms with Crippen molar-refractivity contribution in [3.05, 3.63) is 29.8 Å². The molecule has 0 saturated carbocycles. The summed E-state index contributed by atoms with van der Waals surface area (Å²) in [6.45, 7) is 7.89. The van der Waals surface area contributed by atoms with Gasteiger partial charge in [-0.25, -0.2) is 0 Å². The van der Waals surface area contributed by atoms with E-state index in [9.17, 15) is 0 Å². The first kappa shape index (κ1) is 17.3. The van der Waals surface area contributed by atoms with Crippen LogP contribution in [0, 0.1) is 0 Å². The number of para-hydroxylation sites is 1. The average molecular weight is 296 g/mol. The lowest BCUT2D eigenvalue weighted by Gasteiger charge is -2.21. The van der Waals surface area contributed by atoms with E-state index in [-0.39, 0.29) is 0 Å². The largest absolute Gasteiger partial charge is 0.496 e. The van der Waals surface area contributed by atoms with E-state index in [0.29, 0.717) is 6.04 Å². The molecule has 0 aliphatic carbocycles. The van der Waals surface area contributed by atoms with Crippen molar-refractivity contribution >= 4 is 11.8 Å². The van der Waals surface area contributed by atoms with Crippen LogP contribution in [0.5, 0.6) is 5.75 Å². The van der Waals surface area contributed by atoms with Gasteiger partial charge in [0.05, 0.1) is 7.11 Å². The number of nitrogens with zero attached hydrogens (tertiary/aromatic N) is 1. The number of benzene rings is 1. The second kappa shape index (κ2) is 10.1. The molecule has 1 unspecified atom stereocenters. The molecule has 1 rings (SSSR count). The van der Waals surface area contributed by atoms with Gasteiger partial charge in [-0.2, -0.15) is 11.8 Å². The van der Waals surface area contributed by atoms with E-state index in [1.54, 1.807) is 7.11 Å². The Morgan fingerprint density at radius 3 is 2.55 bits per heavy atom. The molecule has 0 spiro atoms. The van der Waals surface area contributed by atoms with Gasteiger partial charge < -0.3 is 15.0 Å². The number of hydrogen-bond acceptors (Lipinski definition) is 4. The van der Waals surface area contributed by atoms with Crippen molar-refractivity contribution in [2.75, 3.05) is 45.3 Å². The number of hydrogen-bond donors (Lipinski definition) is 1. The lowest BCUT2D eigenvalue weighted by Crippen LogP contribution is -2.26. The molecule has 1 aromatic rings. The van der Waals surface area contributed by atoms with Crippen LogP contribution < -0.4 is 10.1 Å². The SMILES string of the molecule is CCN(CC)CCSCC(NC)c1ccccc1OC. The molecule has 1 aromatic carbocycles. The van der Waals surface area contributed by atoms with Gasteiger partial charge in [0, 0.05) is 29.7 Å². The van der Waals surface area contributed by atoms with Gasteiger partial charge in [-0.3, -0.25) is 0 Å². The molecule has 4 heteroatoms. The molecule has 0 heterocycles. The van der Waals surface area contributed by atoms with Crippen LogP contribution in [0.15, 0.2) is 24.3 Å². The molecule has 1 atom stereocenters. The van der Waals surface area contributed by atoms with E-state index < -0.39 is 0 Å². The fourth-order valence-electron chi connectivity index (χ4n) is 2.22. The molecule has 0 radical (unpaired) electrons. The third kappa shape index (κ3) is 5.35. The van der Waals surface area contributed by atoms with E-state index in [4.69, 9.17) is 4.74 Å². The van der Waals surface area contributed by atoms with Crippen molar-refractivity contribution in [2.45, 2.75) is 19.9 Å². The van der Waals surface area contributed by atoms with Crippen LogP contribution in [0.1, 0.15) is 25.5 Å². The van der Waals surface area contributed by atoms with Crippen LogP contribution in [0.4, 0.5) is 0 Å². The molecule has 114 valence electrons.